The van der Waals surface area contributed by atoms with Gasteiger partial charge in [-0.25, -0.2) is 0 Å². The second-order valence-corrected chi connectivity index (χ2v) is 8.87. The predicted octanol–water partition coefficient (Wildman–Crippen LogP) is 3.13. The van der Waals surface area contributed by atoms with Crippen LogP contribution < -0.4 is 9.47 Å². The van der Waals surface area contributed by atoms with Gasteiger partial charge in [0.25, 0.3) is 5.91 Å². The average Bonchev–Trinajstić information content (AvgIpc) is 3.42. The molecule has 1 fully saturated rings. The maximum absolute atomic E-state index is 13.0. The van der Waals surface area contributed by atoms with Crippen molar-refractivity contribution in [3.05, 3.63) is 59.8 Å². The van der Waals surface area contributed by atoms with Crippen LogP contribution in [0.25, 0.3) is 10.9 Å². The summed E-state index contributed by atoms with van der Waals surface area (Å²) < 4.78 is 11.3. The van der Waals surface area contributed by atoms with Gasteiger partial charge in [-0.3, -0.25) is 14.5 Å². The lowest BCUT2D eigenvalue weighted by Crippen LogP contribution is -2.56. The summed E-state index contributed by atoms with van der Waals surface area (Å²) in [4.78, 5) is 32.8. The van der Waals surface area contributed by atoms with Crippen LogP contribution in [0.15, 0.2) is 48.5 Å². The van der Waals surface area contributed by atoms with Gasteiger partial charge in [-0.1, -0.05) is 18.2 Å². The zero-order valence-electron chi connectivity index (χ0n) is 19.1. The molecule has 1 aromatic heterocycles. The molecule has 0 bridgehead atoms. The van der Waals surface area contributed by atoms with Crippen LogP contribution in [-0.4, -0.2) is 66.4 Å². The number of carbonyl (C=O) groups is 2. The van der Waals surface area contributed by atoms with Gasteiger partial charge in [-0.2, -0.15) is 0 Å². The molecule has 7 heteroatoms. The van der Waals surface area contributed by atoms with E-state index in [1.807, 2.05) is 47.4 Å². The molecule has 1 unspecified atom stereocenters. The van der Waals surface area contributed by atoms with E-state index in [0.717, 1.165) is 47.6 Å². The van der Waals surface area contributed by atoms with E-state index in [1.165, 1.54) is 12.5 Å². The van der Waals surface area contributed by atoms with Crippen LogP contribution in [0, 0.1) is 0 Å². The lowest BCUT2D eigenvalue weighted by molar-refractivity contribution is -0.149. The Balaban J connectivity index is 1.45. The highest BCUT2D eigenvalue weighted by Crippen LogP contribution is 2.45. The largest absolute Gasteiger partial charge is 0.497 e. The minimum absolute atomic E-state index is 0.403. The highest BCUT2D eigenvalue weighted by Gasteiger charge is 2.51. The van der Waals surface area contributed by atoms with Gasteiger partial charge in [0.2, 0.25) is 5.78 Å². The van der Waals surface area contributed by atoms with Gasteiger partial charge >= 0.3 is 0 Å². The van der Waals surface area contributed by atoms with Crippen LogP contribution in [-0.2, 0) is 21.5 Å². The maximum Gasteiger partial charge on any atom is 0.290 e. The molecule has 0 saturated carbocycles. The van der Waals surface area contributed by atoms with Crippen molar-refractivity contribution < 1.29 is 19.1 Å². The monoisotopic (exact) mass is 447 g/mol. The first-order chi connectivity index (χ1) is 16.0. The number of likely N-dealkylation sites (tertiary alicyclic amines) is 1. The number of rotatable bonds is 6. The van der Waals surface area contributed by atoms with Crippen LogP contribution in [0.1, 0.15) is 24.6 Å². The third kappa shape index (κ3) is 3.76. The fraction of sp³-hybridized carbons (Fsp3) is 0.385. The number of para-hydroxylation sites is 1. The van der Waals surface area contributed by atoms with Crippen LogP contribution in [0.4, 0.5) is 0 Å². The number of nitrogens with zero attached hydrogens (tertiary/aromatic N) is 2. The highest BCUT2D eigenvalue weighted by molar-refractivity contribution is 6.35. The van der Waals surface area contributed by atoms with E-state index >= 15 is 0 Å². The minimum atomic E-state index is -0.546. The Kier molecular flexibility index (Phi) is 5.58. The molecule has 1 spiro atoms. The fourth-order valence-corrected chi connectivity index (χ4v) is 5.36. The Hall–Kier alpha value is -3.32. The zero-order valence-corrected chi connectivity index (χ0v) is 19.1. The van der Waals surface area contributed by atoms with Crippen LogP contribution in [0.2, 0.25) is 0 Å². The van der Waals surface area contributed by atoms with Gasteiger partial charge in [0.05, 0.1) is 12.6 Å². The second kappa shape index (κ2) is 8.56. The van der Waals surface area contributed by atoms with Gasteiger partial charge in [-0.15, -0.1) is 0 Å². The molecular formula is C26H29N3O4. The Morgan fingerprint density at radius 2 is 1.91 bits per heavy atom. The summed E-state index contributed by atoms with van der Waals surface area (Å²) in [6.45, 7) is 4.71. The van der Waals surface area contributed by atoms with E-state index in [-0.39, 0.29) is 0 Å². The van der Waals surface area contributed by atoms with Crippen molar-refractivity contribution in [1.29, 1.82) is 0 Å². The molecule has 1 N–H and O–H groups in total. The Bertz CT molecular complexity index is 1190. The lowest BCUT2D eigenvalue weighted by atomic mass is 9.83. The van der Waals surface area contributed by atoms with Crippen LogP contribution in [0.5, 0.6) is 11.5 Å². The van der Waals surface area contributed by atoms with Gasteiger partial charge < -0.3 is 19.4 Å². The van der Waals surface area contributed by atoms with Crippen molar-refractivity contribution in [3.8, 4) is 11.5 Å². The Morgan fingerprint density at radius 1 is 1.09 bits per heavy atom. The SMILES string of the molecule is COc1ccc2[nH]c3c(c2c1)CCN(C(=O)C(C)=O)C31CCN(CCOc2ccccc2)C1. The van der Waals surface area contributed by atoms with Gasteiger partial charge in [0.1, 0.15) is 18.1 Å². The number of hydrogen-bond donors (Lipinski definition) is 1. The molecule has 0 aliphatic carbocycles. The second-order valence-electron chi connectivity index (χ2n) is 8.87. The normalized spacial score (nSPS) is 20.2. The summed E-state index contributed by atoms with van der Waals surface area (Å²) in [6.07, 6.45) is 1.48. The number of aromatic amines is 1. The number of ketones is 1. The smallest absolute Gasteiger partial charge is 0.290 e. The van der Waals surface area contributed by atoms with E-state index < -0.39 is 17.2 Å². The summed E-state index contributed by atoms with van der Waals surface area (Å²) in [5.74, 6) is 0.844. The molecule has 1 saturated heterocycles. The number of fused-ring (bicyclic) bond motifs is 4. The van der Waals surface area contributed by atoms with Gasteiger partial charge in [0.15, 0.2) is 0 Å². The number of carbonyl (C=O) groups excluding carboxylic acids is 2. The molecule has 33 heavy (non-hydrogen) atoms. The molecule has 5 rings (SSSR count). The Morgan fingerprint density at radius 3 is 2.67 bits per heavy atom. The third-order valence-corrected chi connectivity index (χ3v) is 6.97. The highest BCUT2D eigenvalue weighted by atomic mass is 16.5. The topological polar surface area (TPSA) is 74.9 Å². The van der Waals surface area contributed by atoms with E-state index in [4.69, 9.17) is 9.47 Å². The van der Waals surface area contributed by atoms with E-state index in [1.54, 1.807) is 7.11 Å². The molecule has 172 valence electrons. The predicted molar refractivity (Wildman–Crippen MR) is 126 cm³/mol. The first-order valence-electron chi connectivity index (χ1n) is 11.4. The number of nitrogens with one attached hydrogen (secondary N) is 1. The number of ether oxygens (including phenoxy) is 2. The van der Waals surface area contributed by atoms with Crippen LogP contribution in [0.3, 0.4) is 0 Å². The first kappa shape index (κ1) is 21.5. The maximum atomic E-state index is 13.0. The number of Topliss-reactive ketones (excluding diaryl/α,β-unsaturated/α-hetero) is 1. The molecule has 0 radical (unpaired) electrons. The van der Waals surface area contributed by atoms with Gasteiger partial charge in [-0.05, 0) is 48.7 Å². The summed E-state index contributed by atoms with van der Waals surface area (Å²) >= 11 is 0. The lowest BCUT2D eigenvalue weighted by Gasteiger charge is -2.44. The third-order valence-electron chi connectivity index (χ3n) is 6.97. The van der Waals surface area contributed by atoms with Crippen molar-refractivity contribution in [3.63, 3.8) is 0 Å². The summed E-state index contributed by atoms with van der Waals surface area (Å²) in [7, 11) is 1.67. The minimum Gasteiger partial charge on any atom is -0.497 e. The van der Waals surface area contributed by atoms with Gasteiger partial charge in [0, 0.05) is 49.7 Å². The molecular weight excluding hydrogens is 418 g/mol. The molecule has 2 aliphatic rings. The first-order valence-corrected chi connectivity index (χ1v) is 11.4. The molecule has 1 atom stereocenters. The summed E-state index contributed by atoms with van der Waals surface area (Å²) in [5, 5.41) is 1.13. The van der Waals surface area contributed by atoms with E-state index in [0.29, 0.717) is 26.1 Å². The molecule has 7 nitrogen and oxygen atoms in total. The molecule has 2 aromatic carbocycles. The van der Waals surface area contributed by atoms with Crippen LogP contribution >= 0.6 is 0 Å². The molecule has 1 amide bonds. The zero-order chi connectivity index (χ0) is 23.0. The van der Waals surface area contributed by atoms with Crippen molar-refractivity contribution >= 4 is 22.6 Å². The van der Waals surface area contributed by atoms with Crippen molar-refractivity contribution in [2.24, 2.45) is 0 Å². The fourth-order valence-electron chi connectivity index (χ4n) is 5.36. The van der Waals surface area contributed by atoms with Crippen molar-refractivity contribution in [2.45, 2.75) is 25.3 Å². The standard InChI is InChI=1S/C26H29N3O4/c1-18(30)25(31)29-12-10-21-22-16-20(32-2)8-9-23(22)27-24(21)26(29)11-13-28(17-26)14-15-33-19-6-4-3-5-7-19/h3-9,16,27H,10-15,17H2,1-2H3. The average molecular weight is 448 g/mol. The summed E-state index contributed by atoms with van der Waals surface area (Å²) in [6, 6.07) is 15.8. The van der Waals surface area contributed by atoms with E-state index in [2.05, 4.69) is 16.0 Å². The number of hydrogen-bond acceptors (Lipinski definition) is 5. The van der Waals surface area contributed by atoms with E-state index in [9.17, 15) is 9.59 Å². The Labute approximate surface area is 193 Å². The van der Waals surface area contributed by atoms with Crippen molar-refractivity contribution in [2.75, 3.05) is 39.9 Å². The van der Waals surface area contributed by atoms with Crippen molar-refractivity contribution in [1.82, 2.24) is 14.8 Å². The molecule has 3 heterocycles. The number of benzene rings is 2. The number of methoxy groups -OCH3 is 1. The number of H-pyrrole nitrogens is 1. The number of aromatic nitrogens is 1. The molecule has 3 aromatic rings. The molecule has 2 aliphatic heterocycles. The number of amides is 1. The summed E-state index contributed by atoms with van der Waals surface area (Å²) in [5.41, 5.74) is 2.76. The quantitative estimate of drug-likeness (QED) is 0.588.